The van der Waals surface area contributed by atoms with E-state index in [1.807, 2.05) is 11.8 Å². The molecule has 0 aromatic heterocycles. The maximum absolute atomic E-state index is 5.64. The third-order valence-corrected chi connectivity index (χ3v) is 2.98. The van der Waals surface area contributed by atoms with E-state index in [2.05, 4.69) is 45.9 Å². The van der Waals surface area contributed by atoms with Crippen LogP contribution in [0.3, 0.4) is 0 Å². The molecule has 0 fully saturated rings. The molecule has 0 aliphatic rings. The molecule has 0 aromatic carbocycles. The van der Waals surface area contributed by atoms with Crippen LogP contribution in [0.5, 0.6) is 0 Å². The molecule has 0 saturated heterocycles. The molecule has 13 heavy (non-hydrogen) atoms. The zero-order valence-corrected chi connectivity index (χ0v) is 10.6. The minimum atomic E-state index is -0.0105. The number of likely N-dealkylation sites (N-methyl/N-ethyl adjacent to an activating group) is 1. The second kappa shape index (κ2) is 5.89. The molecule has 1 atom stereocenters. The molecule has 0 bridgehead atoms. The van der Waals surface area contributed by atoms with Crippen LogP contribution in [0, 0.1) is 0 Å². The highest BCUT2D eigenvalue weighted by Gasteiger charge is 2.11. The van der Waals surface area contributed by atoms with Gasteiger partial charge in [-0.15, -0.1) is 11.8 Å². The molecule has 0 N–H and O–H groups in total. The van der Waals surface area contributed by atoms with E-state index in [1.54, 1.807) is 0 Å². The molecule has 2 nitrogen and oxygen atoms in total. The second-order valence-electron chi connectivity index (χ2n) is 4.28. The van der Waals surface area contributed by atoms with Gasteiger partial charge in [-0.25, -0.2) is 0 Å². The Labute approximate surface area is 87.0 Å². The number of ether oxygens (including phenoxy) is 1. The number of rotatable bonds is 5. The third kappa shape index (κ3) is 7.35. The van der Waals surface area contributed by atoms with E-state index in [4.69, 9.17) is 4.74 Å². The van der Waals surface area contributed by atoms with Crippen molar-refractivity contribution in [1.29, 1.82) is 0 Å². The van der Waals surface area contributed by atoms with Crippen molar-refractivity contribution in [2.75, 3.05) is 26.5 Å². The van der Waals surface area contributed by atoms with Crippen LogP contribution in [-0.4, -0.2) is 42.3 Å². The van der Waals surface area contributed by atoms with Crippen LogP contribution in [0.25, 0.3) is 0 Å². The van der Waals surface area contributed by atoms with E-state index >= 15 is 0 Å². The Bertz CT molecular complexity index is 133. The topological polar surface area (TPSA) is 12.5 Å². The van der Waals surface area contributed by atoms with Gasteiger partial charge in [0.1, 0.15) is 0 Å². The molecule has 3 heteroatoms. The van der Waals surface area contributed by atoms with E-state index in [0.717, 1.165) is 13.2 Å². The number of thioether (sulfide) groups is 1. The lowest BCUT2D eigenvalue weighted by atomic mass is 10.2. The molecule has 0 aliphatic heterocycles. The van der Waals surface area contributed by atoms with Crippen LogP contribution in [-0.2, 0) is 4.74 Å². The van der Waals surface area contributed by atoms with E-state index in [9.17, 15) is 0 Å². The van der Waals surface area contributed by atoms with Gasteiger partial charge in [-0.2, -0.15) is 0 Å². The number of hydrogen-bond acceptors (Lipinski definition) is 3. The van der Waals surface area contributed by atoms with Crippen molar-refractivity contribution in [2.24, 2.45) is 0 Å². The van der Waals surface area contributed by atoms with Crippen molar-refractivity contribution < 1.29 is 4.74 Å². The van der Waals surface area contributed by atoms with Gasteiger partial charge in [0, 0.05) is 6.54 Å². The predicted molar refractivity (Wildman–Crippen MR) is 61.3 cm³/mol. The molecule has 0 saturated carbocycles. The lowest BCUT2D eigenvalue weighted by Gasteiger charge is -2.25. The van der Waals surface area contributed by atoms with Gasteiger partial charge in [-0.05, 0) is 41.0 Å². The highest BCUT2D eigenvalue weighted by atomic mass is 32.2. The van der Waals surface area contributed by atoms with Crippen LogP contribution < -0.4 is 0 Å². The summed E-state index contributed by atoms with van der Waals surface area (Å²) in [5, 5.41) is 0.573. The van der Waals surface area contributed by atoms with Gasteiger partial charge in [0.05, 0.1) is 17.6 Å². The summed E-state index contributed by atoms with van der Waals surface area (Å²) in [6.07, 6.45) is 2.13. The summed E-state index contributed by atoms with van der Waals surface area (Å²) >= 11 is 1.86. The minimum Gasteiger partial charge on any atom is -0.375 e. The zero-order valence-electron chi connectivity index (χ0n) is 9.76. The Kier molecular flexibility index (Phi) is 6.01. The first-order valence-electron chi connectivity index (χ1n) is 4.74. The molecular weight excluding hydrogens is 182 g/mol. The summed E-state index contributed by atoms with van der Waals surface area (Å²) in [5.74, 6) is 0. The summed E-state index contributed by atoms with van der Waals surface area (Å²) < 4.78 is 5.64. The standard InChI is InChI=1S/C10H23NOS/c1-9(13-6)11(5)7-8-12-10(2,3)4/h9H,7-8H2,1-6H3. The second-order valence-corrected chi connectivity index (χ2v) is 5.43. The molecule has 0 aliphatic carbocycles. The maximum Gasteiger partial charge on any atom is 0.0600 e. The first kappa shape index (κ1) is 13.3. The lowest BCUT2D eigenvalue weighted by molar-refractivity contribution is -0.0112. The van der Waals surface area contributed by atoms with Crippen LogP contribution in [0.2, 0.25) is 0 Å². The van der Waals surface area contributed by atoms with Crippen molar-refractivity contribution in [3.8, 4) is 0 Å². The van der Waals surface area contributed by atoms with Crippen molar-refractivity contribution in [2.45, 2.75) is 38.7 Å². The summed E-state index contributed by atoms with van der Waals surface area (Å²) in [6, 6.07) is 0. The molecule has 0 aromatic rings. The Morgan fingerprint density at radius 3 is 2.31 bits per heavy atom. The van der Waals surface area contributed by atoms with Crippen molar-refractivity contribution >= 4 is 11.8 Å². The normalized spacial score (nSPS) is 15.0. The molecule has 0 radical (unpaired) electrons. The summed E-state index contributed by atoms with van der Waals surface area (Å²) in [5.41, 5.74) is -0.0105. The third-order valence-electron chi connectivity index (χ3n) is 1.94. The highest BCUT2D eigenvalue weighted by molar-refractivity contribution is 7.99. The smallest absolute Gasteiger partial charge is 0.0600 e. The Morgan fingerprint density at radius 2 is 1.92 bits per heavy atom. The predicted octanol–water partition coefficient (Wildman–Crippen LogP) is 2.44. The van der Waals surface area contributed by atoms with Crippen LogP contribution >= 0.6 is 11.8 Å². The van der Waals surface area contributed by atoms with E-state index in [-0.39, 0.29) is 5.60 Å². The Morgan fingerprint density at radius 1 is 1.38 bits per heavy atom. The Hall–Kier alpha value is 0.270. The molecule has 0 spiro atoms. The fourth-order valence-electron chi connectivity index (χ4n) is 0.858. The fraction of sp³-hybridized carbons (Fsp3) is 1.00. The van der Waals surface area contributed by atoms with Crippen molar-refractivity contribution in [3.05, 3.63) is 0 Å². The van der Waals surface area contributed by atoms with E-state index in [1.165, 1.54) is 0 Å². The van der Waals surface area contributed by atoms with Crippen LogP contribution in [0.1, 0.15) is 27.7 Å². The molecule has 0 heterocycles. The van der Waals surface area contributed by atoms with Crippen LogP contribution in [0.4, 0.5) is 0 Å². The molecule has 1 unspecified atom stereocenters. The summed E-state index contributed by atoms with van der Waals surface area (Å²) in [7, 11) is 2.13. The lowest BCUT2D eigenvalue weighted by Crippen LogP contribution is -2.32. The van der Waals surface area contributed by atoms with Gasteiger partial charge < -0.3 is 4.74 Å². The fourth-order valence-corrected chi connectivity index (χ4v) is 1.32. The summed E-state index contributed by atoms with van der Waals surface area (Å²) in [6.45, 7) is 10.3. The SMILES string of the molecule is CSC(C)N(C)CCOC(C)(C)C. The largest absolute Gasteiger partial charge is 0.375 e. The first-order valence-corrected chi connectivity index (χ1v) is 6.02. The average molecular weight is 205 g/mol. The van der Waals surface area contributed by atoms with Crippen LogP contribution in [0.15, 0.2) is 0 Å². The van der Waals surface area contributed by atoms with Gasteiger partial charge in [0.2, 0.25) is 0 Å². The van der Waals surface area contributed by atoms with Crippen molar-refractivity contribution in [3.63, 3.8) is 0 Å². The quantitative estimate of drug-likeness (QED) is 0.640. The average Bonchev–Trinajstić information content (AvgIpc) is 2.00. The molecule has 0 amide bonds. The van der Waals surface area contributed by atoms with E-state index < -0.39 is 0 Å². The van der Waals surface area contributed by atoms with Gasteiger partial charge in [0.15, 0.2) is 0 Å². The zero-order chi connectivity index (χ0) is 10.5. The Balaban J connectivity index is 3.53. The van der Waals surface area contributed by atoms with Gasteiger partial charge in [-0.1, -0.05) is 0 Å². The minimum absolute atomic E-state index is 0.0105. The maximum atomic E-state index is 5.64. The molecule has 0 rings (SSSR count). The molecular formula is C10H23NOS. The van der Waals surface area contributed by atoms with Crippen molar-refractivity contribution in [1.82, 2.24) is 4.90 Å². The number of nitrogens with zero attached hydrogens (tertiary/aromatic N) is 1. The van der Waals surface area contributed by atoms with E-state index in [0.29, 0.717) is 5.37 Å². The van der Waals surface area contributed by atoms with Gasteiger partial charge in [-0.3, -0.25) is 4.90 Å². The highest BCUT2D eigenvalue weighted by Crippen LogP contribution is 2.10. The first-order chi connectivity index (χ1) is 5.87. The van der Waals surface area contributed by atoms with Gasteiger partial charge in [0.25, 0.3) is 0 Å². The van der Waals surface area contributed by atoms with Gasteiger partial charge >= 0.3 is 0 Å². The molecule has 80 valence electrons. The summed E-state index contributed by atoms with van der Waals surface area (Å²) in [4.78, 5) is 2.30. The monoisotopic (exact) mass is 205 g/mol. The number of hydrogen-bond donors (Lipinski definition) is 0.